The zero-order chi connectivity index (χ0) is 23.5. The van der Waals surface area contributed by atoms with Crippen LogP contribution in [0, 0.1) is 6.92 Å². The van der Waals surface area contributed by atoms with Crippen LogP contribution in [-0.2, 0) is 12.5 Å². The van der Waals surface area contributed by atoms with Gasteiger partial charge in [0.25, 0.3) is 0 Å². The number of aryl methyl sites for hydroxylation is 2. The average Bonchev–Trinajstić information content (AvgIpc) is 3.10. The van der Waals surface area contributed by atoms with E-state index in [4.69, 9.17) is 11.6 Å². The van der Waals surface area contributed by atoms with Crippen molar-refractivity contribution in [2.75, 3.05) is 0 Å². The predicted octanol–water partition coefficient (Wildman–Crippen LogP) is 5.80. The molecule has 4 heterocycles. The Labute approximate surface area is 196 Å². The Balaban J connectivity index is 1.72. The molecule has 5 rings (SSSR count). The number of aromatic amines is 1. The molecule has 0 bridgehead atoms. The summed E-state index contributed by atoms with van der Waals surface area (Å²) < 4.78 is 1.91. The quantitative estimate of drug-likeness (QED) is 0.363. The number of pyridine rings is 3. The molecule has 0 saturated heterocycles. The standard InChI is InChI=1S/C26H24ClN5O/c1-14-11-16(26(2,3)4)17(27)12-15(14)19-13-21(33)22-18(30-19)8-10-28-23(22)25-31-24-20(32(25)5)7-6-9-29-24/h6-13H,1-5H3,(H,30,33). The lowest BCUT2D eigenvalue weighted by molar-refractivity contribution is 0.590. The molecule has 0 amide bonds. The van der Waals surface area contributed by atoms with E-state index in [0.29, 0.717) is 33.1 Å². The van der Waals surface area contributed by atoms with Crippen molar-refractivity contribution in [1.82, 2.24) is 24.5 Å². The van der Waals surface area contributed by atoms with Gasteiger partial charge in [-0.25, -0.2) is 9.97 Å². The number of nitrogens with zero attached hydrogens (tertiary/aromatic N) is 4. The monoisotopic (exact) mass is 457 g/mol. The number of benzene rings is 1. The second kappa shape index (κ2) is 7.52. The number of fused-ring (bicyclic) bond motifs is 2. The zero-order valence-electron chi connectivity index (χ0n) is 19.2. The molecule has 0 radical (unpaired) electrons. The van der Waals surface area contributed by atoms with Crippen LogP contribution in [-0.4, -0.2) is 24.5 Å². The second-order valence-electron chi connectivity index (χ2n) is 9.37. The molecule has 0 aliphatic rings. The van der Waals surface area contributed by atoms with Crippen molar-refractivity contribution < 1.29 is 0 Å². The third-order valence-electron chi connectivity index (χ3n) is 6.02. The molecule has 0 saturated carbocycles. The maximum atomic E-state index is 13.4. The van der Waals surface area contributed by atoms with Crippen LogP contribution in [0.4, 0.5) is 0 Å². The van der Waals surface area contributed by atoms with Crippen LogP contribution in [0.25, 0.3) is 44.8 Å². The van der Waals surface area contributed by atoms with E-state index in [0.717, 1.165) is 27.9 Å². The summed E-state index contributed by atoms with van der Waals surface area (Å²) in [6.45, 7) is 8.44. The number of nitrogens with one attached hydrogen (secondary N) is 1. The summed E-state index contributed by atoms with van der Waals surface area (Å²) >= 11 is 6.64. The van der Waals surface area contributed by atoms with Gasteiger partial charge in [-0.2, -0.15) is 0 Å². The van der Waals surface area contributed by atoms with Gasteiger partial charge in [-0.3, -0.25) is 9.78 Å². The van der Waals surface area contributed by atoms with Crippen LogP contribution in [0.3, 0.4) is 0 Å². The first-order valence-electron chi connectivity index (χ1n) is 10.8. The first-order valence-corrected chi connectivity index (χ1v) is 11.1. The van der Waals surface area contributed by atoms with E-state index in [9.17, 15) is 4.79 Å². The van der Waals surface area contributed by atoms with E-state index in [-0.39, 0.29) is 10.8 Å². The van der Waals surface area contributed by atoms with Gasteiger partial charge >= 0.3 is 0 Å². The molecule has 0 aliphatic heterocycles. The lowest BCUT2D eigenvalue weighted by Gasteiger charge is -2.22. The van der Waals surface area contributed by atoms with Crippen LogP contribution in [0.15, 0.2) is 53.6 Å². The summed E-state index contributed by atoms with van der Waals surface area (Å²) in [5, 5.41) is 1.18. The summed E-state index contributed by atoms with van der Waals surface area (Å²) in [6, 6.07) is 11.3. The van der Waals surface area contributed by atoms with E-state index < -0.39 is 0 Å². The minimum Gasteiger partial charge on any atom is -0.354 e. The highest BCUT2D eigenvalue weighted by Crippen LogP contribution is 2.35. The lowest BCUT2D eigenvalue weighted by atomic mass is 9.85. The van der Waals surface area contributed by atoms with Crippen LogP contribution in [0.2, 0.25) is 5.02 Å². The van der Waals surface area contributed by atoms with Gasteiger partial charge in [-0.15, -0.1) is 0 Å². The number of H-pyrrole nitrogens is 1. The summed E-state index contributed by atoms with van der Waals surface area (Å²) in [5.41, 5.74) is 6.26. The summed E-state index contributed by atoms with van der Waals surface area (Å²) in [6.07, 6.45) is 3.39. The van der Waals surface area contributed by atoms with Crippen molar-refractivity contribution in [3.05, 3.63) is 75.2 Å². The third-order valence-corrected chi connectivity index (χ3v) is 6.34. The Hall–Kier alpha value is -3.51. The molecule has 33 heavy (non-hydrogen) atoms. The molecule has 0 aliphatic carbocycles. The number of hydrogen-bond donors (Lipinski definition) is 1. The fourth-order valence-corrected chi connectivity index (χ4v) is 4.75. The molecule has 7 heteroatoms. The smallest absolute Gasteiger partial charge is 0.192 e. The van der Waals surface area contributed by atoms with Gasteiger partial charge in [0.15, 0.2) is 16.9 Å². The summed E-state index contributed by atoms with van der Waals surface area (Å²) in [4.78, 5) is 30.3. The molecule has 166 valence electrons. The second-order valence-corrected chi connectivity index (χ2v) is 9.77. The van der Waals surface area contributed by atoms with Crippen molar-refractivity contribution >= 4 is 33.7 Å². The van der Waals surface area contributed by atoms with Crippen LogP contribution in [0.1, 0.15) is 31.9 Å². The van der Waals surface area contributed by atoms with E-state index in [1.54, 1.807) is 18.5 Å². The fraction of sp³-hybridized carbons (Fsp3) is 0.231. The Morgan fingerprint density at radius 1 is 1.06 bits per heavy atom. The van der Waals surface area contributed by atoms with Crippen LogP contribution in [0.5, 0.6) is 0 Å². The topological polar surface area (TPSA) is 76.5 Å². The highest BCUT2D eigenvalue weighted by Gasteiger charge is 2.21. The van der Waals surface area contributed by atoms with Gasteiger partial charge in [0.05, 0.1) is 22.1 Å². The van der Waals surface area contributed by atoms with Crippen LogP contribution < -0.4 is 5.43 Å². The minimum atomic E-state index is -0.128. The Kier molecular flexibility index (Phi) is 4.87. The normalized spacial score (nSPS) is 12.1. The molecular weight excluding hydrogens is 434 g/mol. The molecular formula is C26H24ClN5O. The van der Waals surface area contributed by atoms with Gasteiger partial charge in [0.2, 0.25) is 0 Å². The molecule has 4 aromatic heterocycles. The van der Waals surface area contributed by atoms with E-state index in [1.165, 1.54) is 0 Å². The average molecular weight is 458 g/mol. The molecule has 1 N–H and O–H groups in total. The van der Waals surface area contributed by atoms with Gasteiger partial charge in [0.1, 0.15) is 5.69 Å². The van der Waals surface area contributed by atoms with Crippen molar-refractivity contribution in [1.29, 1.82) is 0 Å². The number of hydrogen-bond acceptors (Lipinski definition) is 4. The van der Waals surface area contributed by atoms with Crippen LogP contribution >= 0.6 is 11.6 Å². The highest BCUT2D eigenvalue weighted by molar-refractivity contribution is 6.31. The van der Waals surface area contributed by atoms with Gasteiger partial charge in [-0.05, 0) is 47.7 Å². The fourth-order valence-electron chi connectivity index (χ4n) is 4.30. The zero-order valence-corrected chi connectivity index (χ0v) is 19.9. The minimum absolute atomic E-state index is 0.0712. The Bertz CT molecular complexity index is 1610. The molecule has 0 spiro atoms. The first-order chi connectivity index (χ1) is 15.6. The Morgan fingerprint density at radius 2 is 1.85 bits per heavy atom. The molecule has 6 nitrogen and oxygen atoms in total. The largest absolute Gasteiger partial charge is 0.354 e. The number of aromatic nitrogens is 5. The third kappa shape index (κ3) is 3.51. The Morgan fingerprint density at radius 3 is 2.58 bits per heavy atom. The molecule has 1 aromatic carbocycles. The number of imidazole rings is 1. The SMILES string of the molecule is Cc1cc(C(C)(C)C)c(Cl)cc1-c1cc(=O)c2c(-c3nc4ncccc4n3C)nccc2[nH]1. The molecule has 0 fully saturated rings. The maximum absolute atomic E-state index is 13.4. The van der Waals surface area contributed by atoms with Crippen molar-refractivity contribution in [3.63, 3.8) is 0 Å². The van der Waals surface area contributed by atoms with Crippen molar-refractivity contribution in [3.8, 4) is 22.8 Å². The van der Waals surface area contributed by atoms with Gasteiger partial charge < -0.3 is 9.55 Å². The van der Waals surface area contributed by atoms with E-state index in [2.05, 4.69) is 46.8 Å². The number of halogens is 1. The van der Waals surface area contributed by atoms with Gasteiger partial charge in [-0.1, -0.05) is 38.4 Å². The maximum Gasteiger partial charge on any atom is 0.192 e. The summed E-state index contributed by atoms with van der Waals surface area (Å²) in [5.74, 6) is 0.598. The van der Waals surface area contributed by atoms with Crippen molar-refractivity contribution in [2.45, 2.75) is 33.1 Å². The molecule has 0 atom stereocenters. The highest BCUT2D eigenvalue weighted by atomic mass is 35.5. The van der Waals surface area contributed by atoms with Gasteiger partial charge in [0, 0.05) is 36.1 Å². The molecule has 0 unspecified atom stereocenters. The van der Waals surface area contributed by atoms with E-state index in [1.807, 2.05) is 42.8 Å². The van der Waals surface area contributed by atoms with Crippen molar-refractivity contribution in [2.24, 2.45) is 7.05 Å². The predicted molar refractivity (Wildman–Crippen MR) is 134 cm³/mol. The first kappa shape index (κ1) is 21.3. The lowest BCUT2D eigenvalue weighted by Crippen LogP contribution is -2.12. The molecule has 5 aromatic rings. The summed E-state index contributed by atoms with van der Waals surface area (Å²) in [7, 11) is 1.90. The van der Waals surface area contributed by atoms with E-state index >= 15 is 0 Å². The number of rotatable bonds is 2.